The van der Waals surface area contributed by atoms with Crippen LogP contribution < -0.4 is 5.43 Å². The first-order chi connectivity index (χ1) is 4.47. The van der Waals surface area contributed by atoms with Gasteiger partial charge in [-0.25, -0.2) is 0 Å². The highest BCUT2D eigenvalue weighted by atomic mass is 15.3. The van der Waals surface area contributed by atoms with Gasteiger partial charge in [-0.15, -0.1) is 0 Å². The lowest BCUT2D eigenvalue weighted by atomic mass is 9.98. The number of nitrogens with zero attached hydrogens (tertiary/aromatic N) is 1. The van der Waals surface area contributed by atoms with Crippen LogP contribution in [0.15, 0.2) is 16.8 Å². The molecule has 0 amide bonds. The Morgan fingerprint density at radius 2 is 2.67 bits per heavy atom. The largest absolute Gasteiger partial charge is 0.293 e. The molecule has 0 aromatic carbocycles. The number of fused-ring (bicyclic) bond motifs is 1. The molecule has 0 unspecified atom stereocenters. The van der Waals surface area contributed by atoms with Gasteiger partial charge in [0.05, 0.1) is 5.71 Å². The zero-order valence-corrected chi connectivity index (χ0v) is 5.15. The smallest absolute Gasteiger partial charge is 0.144 e. The summed E-state index contributed by atoms with van der Waals surface area (Å²) < 4.78 is 0. The minimum absolute atomic E-state index is 1.12. The molecule has 0 spiro atoms. The second-order valence-corrected chi connectivity index (χ2v) is 2.31. The fourth-order valence-electron chi connectivity index (χ4n) is 1.16. The van der Waals surface area contributed by atoms with Gasteiger partial charge in [0.2, 0.25) is 0 Å². The van der Waals surface area contributed by atoms with E-state index in [4.69, 9.17) is 0 Å². The van der Waals surface area contributed by atoms with E-state index in [0.29, 0.717) is 0 Å². The maximum Gasteiger partial charge on any atom is 0.144 e. The van der Waals surface area contributed by atoms with E-state index in [1.54, 1.807) is 0 Å². The zero-order valence-electron chi connectivity index (χ0n) is 5.15. The monoisotopic (exact) mass is 120 g/mol. The summed E-state index contributed by atoms with van der Waals surface area (Å²) in [5.74, 6) is 0. The minimum Gasteiger partial charge on any atom is -0.293 e. The van der Waals surface area contributed by atoms with E-state index < -0.39 is 0 Å². The quantitative estimate of drug-likeness (QED) is 0.508. The Labute approximate surface area is 54.6 Å². The molecule has 2 rings (SSSR count). The molecule has 1 aliphatic heterocycles. The van der Waals surface area contributed by atoms with Crippen molar-refractivity contribution < 1.29 is 0 Å². The standard InChI is InChI=1S/C7H8N2/c1-2-4-7-6(3-1)5-8-9-7/h3,8H,1-2,4H2. The summed E-state index contributed by atoms with van der Waals surface area (Å²) in [5, 5.41) is 4.04. The minimum atomic E-state index is 1.12. The predicted octanol–water partition coefficient (Wildman–Crippen LogP) is 1.09. The van der Waals surface area contributed by atoms with Crippen LogP contribution in [0.25, 0.3) is 0 Å². The van der Waals surface area contributed by atoms with Crippen LogP contribution in [0.1, 0.15) is 19.3 Å². The molecular weight excluding hydrogens is 112 g/mol. The van der Waals surface area contributed by atoms with Crippen LogP contribution in [0.5, 0.6) is 0 Å². The number of rotatable bonds is 0. The van der Waals surface area contributed by atoms with Crippen molar-refractivity contribution in [2.45, 2.75) is 19.3 Å². The van der Waals surface area contributed by atoms with Crippen molar-refractivity contribution in [3.8, 4) is 0 Å². The molecule has 0 aromatic heterocycles. The van der Waals surface area contributed by atoms with E-state index in [9.17, 15) is 0 Å². The fraction of sp³-hybridized carbons (Fsp3) is 0.429. The Morgan fingerprint density at radius 3 is 3.56 bits per heavy atom. The summed E-state index contributed by atoms with van der Waals surface area (Å²) in [7, 11) is 0. The maximum atomic E-state index is 4.04. The first-order valence-electron chi connectivity index (χ1n) is 3.25. The Bertz CT molecular complexity index is 179. The molecule has 0 saturated heterocycles. The summed E-state index contributed by atoms with van der Waals surface area (Å²) >= 11 is 0. The predicted molar refractivity (Wildman–Crippen MR) is 35.7 cm³/mol. The maximum absolute atomic E-state index is 4.04. The summed E-state index contributed by atoms with van der Waals surface area (Å²) in [6.45, 7) is 2.97. The van der Waals surface area contributed by atoms with Crippen molar-refractivity contribution >= 4 is 5.71 Å². The van der Waals surface area contributed by atoms with Gasteiger partial charge in [-0.2, -0.15) is 5.10 Å². The lowest BCUT2D eigenvalue weighted by Gasteiger charge is -2.05. The van der Waals surface area contributed by atoms with Crippen LogP contribution in [0.2, 0.25) is 0 Å². The van der Waals surface area contributed by atoms with Crippen LogP contribution in [-0.4, -0.2) is 5.71 Å². The SMILES string of the molecule is [C]1NN=C2CCCC=C12. The van der Waals surface area contributed by atoms with Crippen molar-refractivity contribution in [3.05, 3.63) is 18.2 Å². The van der Waals surface area contributed by atoms with E-state index in [-0.39, 0.29) is 0 Å². The van der Waals surface area contributed by atoms with Crippen LogP contribution in [-0.2, 0) is 0 Å². The number of hydrazone groups is 1. The fourth-order valence-corrected chi connectivity index (χ4v) is 1.16. The van der Waals surface area contributed by atoms with Crippen LogP contribution in [0.3, 0.4) is 0 Å². The van der Waals surface area contributed by atoms with Crippen molar-refractivity contribution in [1.29, 1.82) is 0 Å². The third kappa shape index (κ3) is 0.745. The molecule has 1 N–H and O–H groups in total. The molecule has 1 aliphatic carbocycles. The van der Waals surface area contributed by atoms with Gasteiger partial charge in [-0.1, -0.05) is 6.08 Å². The molecule has 2 aliphatic rings. The summed E-state index contributed by atoms with van der Waals surface area (Å²) in [6.07, 6.45) is 5.73. The van der Waals surface area contributed by atoms with Crippen molar-refractivity contribution in [2.24, 2.45) is 5.10 Å². The van der Waals surface area contributed by atoms with Gasteiger partial charge in [0.25, 0.3) is 0 Å². The molecule has 0 bridgehead atoms. The van der Waals surface area contributed by atoms with Gasteiger partial charge in [0.1, 0.15) is 6.54 Å². The Morgan fingerprint density at radius 1 is 1.67 bits per heavy atom. The lowest BCUT2D eigenvalue weighted by Crippen LogP contribution is -2.02. The molecule has 0 atom stereocenters. The molecule has 1 heterocycles. The number of nitrogens with one attached hydrogen (secondary N) is 1. The number of allylic oxidation sites excluding steroid dienone is 1. The van der Waals surface area contributed by atoms with E-state index in [1.807, 2.05) is 0 Å². The molecule has 46 valence electrons. The molecule has 0 saturated carbocycles. The van der Waals surface area contributed by atoms with Crippen molar-refractivity contribution in [3.63, 3.8) is 0 Å². The first-order valence-corrected chi connectivity index (χ1v) is 3.25. The normalized spacial score (nSPS) is 24.0. The van der Waals surface area contributed by atoms with E-state index in [0.717, 1.165) is 6.42 Å². The van der Waals surface area contributed by atoms with Gasteiger partial charge >= 0.3 is 0 Å². The number of hydrogen-bond donors (Lipinski definition) is 1. The van der Waals surface area contributed by atoms with Crippen LogP contribution >= 0.6 is 0 Å². The first kappa shape index (κ1) is 5.03. The van der Waals surface area contributed by atoms with Gasteiger partial charge in [-0.05, 0) is 19.3 Å². The van der Waals surface area contributed by atoms with Gasteiger partial charge < -0.3 is 0 Å². The third-order valence-corrected chi connectivity index (χ3v) is 1.66. The topological polar surface area (TPSA) is 24.4 Å². The van der Waals surface area contributed by atoms with Gasteiger partial charge in [-0.3, -0.25) is 5.43 Å². The van der Waals surface area contributed by atoms with Gasteiger partial charge in [0.15, 0.2) is 0 Å². The van der Waals surface area contributed by atoms with Crippen molar-refractivity contribution in [1.82, 2.24) is 5.43 Å². The second kappa shape index (κ2) is 1.87. The van der Waals surface area contributed by atoms with Crippen molar-refractivity contribution in [2.75, 3.05) is 0 Å². The molecule has 0 fully saturated rings. The molecular formula is C7H8N2. The molecule has 2 radical (unpaired) electrons. The van der Waals surface area contributed by atoms with Gasteiger partial charge in [0, 0.05) is 5.57 Å². The summed E-state index contributed by atoms with van der Waals surface area (Å²) in [4.78, 5) is 0. The highest BCUT2D eigenvalue weighted by Gasteiger charge is 2.16. The summed E-state index contributed by atoms with van der Waals surface area (Å²) in [6, 6.07) is 0. The Balaban J connectivity index is 2.30. The van der Waals surface area contributed by atoms with E-state index >= 15 is 0 Å². The van der Waals surface area contributed by atoms with E-state index in [2.05, 4.69) is 23.1 Å². The molecule has 9 heavy (non-hydrogen) atoms. The number of hydrogen-bond acceptors (Lipinski definition) is 2. The van der Waals surface area contributed by atoms with Crippen LogP contribution in [0, 0.1) is 6.54 Å². The molecule has 2 heteroatoms. The van der Waals surface area contributed by atoms with E-state index in [1.165, 1.54) is 24.1 Å². The average molecular weight is 120 g/mol. The molecule has 0 aromatic rings. The zero-order chi connectivity index (χ0) is 6.10. The van der Waals surface area contributed by atoms with Crippen LogP contribution in [0.4, 0.5) is 0 Å². The highest BCUT2D eigenvalue weighted by Crippen LogP contribution is 2.19. The summed E-state index contributed by atoms with van der Waals surface area (Å²) in [5.41, 5.74) is 5.10. The Kier molecular flexibility index (Phi) is 1.04. The highest BCUT2D eigenvalue weighted by molar-refractivity contribution is 6.03. The lowest BCUT2D eigenvalue weighted by molar-refractivity contribution is 0.873. The molecule has 2 nitrogen and oxygen atoms in total. The second-order valence-electron chi connectivity index (χ2n) is 2.31. The third-order valence-electron chi connectivity index (χ3n) is 1.66. The average Bonchev–Trinajstić information content (AvgIpc) is 2.33. The Hall–Kier alpha value is -0.790.